The number of rotatable bonds is 3. The maximum Gasteiger partial charge on any atom is 0.128 e. The van der Waals surface area contributed by atoms with E-state index in [4.69, 9.17) is 17.3 Å². The fourth-order valence-electron chi connectivity index (χ4n) is 1.58. The van der Waals surface area contributed by atoms with Crippen molar-refractivity contribution in [3.8, 4) is 0 Å². The molecule has 0 spiro atoms. The fourth-order valence-corrected chi connectivity index (χ4v) is 3.34. The normalized spacial score (nSPS) is 12.4. The first-order valence-electron chi connectivity index (χ1n) is 5.34. The Balaban J connectivity index is 2.25. The lowest BCUT2D eigenvalue weighted by Crippen LogP contribution is -2.02. The zero-order valence-corrected chi connectivity index (χ0v) is 12.9. The maximum atomic E-state index is 13.6. The molecule has 1 unspecified atom stereocenters. The molecule has 0 aliphatic rings. The molecule has 0 fully saturated rings. The first-order valence-corrected chi connectivity index (χ1v) is 7.83. The number of nitrogens with two attached hydrogens (primary N) is 1. The highest BCUT2D eigenvalue weighted by molar-refractivity contribution is 9.10. The van der Waals surface area contributed by atoms with Gasteiger partial charge in [0.05, 0.1) is 21.4 Å². The van der Waals surface area contributed by atoms with E-state index < -0.39 is 16.6 Å². The molecule has 0 saturated carbocycles. The fraction of sp³-hybridized carbons (Fsp3) is 0.0769. The summed E-state index contributed by atoms with van der Waals surface area (Å²) in [4.78, 5) is 0.498. The smallest absolute Gasteiger partial charge is 0.128 e. The summed E-state index contributed by atoms with van der Waals surface area (Å²) in [5.74, 6) is -0.397. The molecule has 2 nitrogen and oxygen atoms in total. The van der Waals surface area contributed by atoms with E-state index in [9.17, 15) is 8.60 Å². The van der Waals surface area contributed by atoms with Gasteiger partial charge in [-0.2, -0.15) is 0 Å². The lowest BCUT2D eigenvalue weighted by Gasteiger charge is -2.07. The van der Waals surface area contributed by atoms with Gasteiger partial charge in [0.25, 0.3) is 0 Å². The summed E-state index contributed by atoms with van der Waals surface area (Å²) >= 11 is 8.95. The van der Waals surface area contributed by atoms with Crippen LogP contribution < -0.4 is 5.73 Å². The molecule has 0 radical (unpaired) electrons. The first-order chi connectivity index (χ1) is 8.97. The lowest BCUT2D eigenvalue weighted by atomic mass is 10.2. The Morgan fingerprint density at radius 3 is 2.63 bits per heavy atom. The van der Waals surface area contributed by atoms with Crippen molar-refractivity contribution in [2.24, 2.45) is 0 Å². The molecule has 0 aliphatic heterocycles. The van der Waals surface area contributed by atoms with Gasteiger partial charge in [-0.15, -0.1) is 0 Å². The predicted molar refractivity (Wildman–Crippen MR) is 80.1 cm³/mol. The van der Waals surface area contributed by atoms with Gasteiger partial charge in [0.15, 0.2) is 0 Å². The third-order valence-corrected chi connectivity index (χ3v) is 4.68. The Morgan fingerprint density at radius 1 is 1.26 bits per heavy atom. The molecule has 2 rings (SSSR count). The van der Waals surface area contributed by atoms with Gasteiger partial charge >= 0.3 is 0 Å². The molecule has 0 bridgehead atoms. The zero-order chi connectivity index (χ0) is 14.0. The van der Waals surface area contributed by atoms with E-state index >= 15 is 0 Å². The summed E-state index contributed by atoms with van der Waals surface area (Å²) in [6.07, 6.45) is 0. The molecule has 1 atom stereocenters. The minimum atomic E-state index is -1.40. The molecule has 19 heavy (non-hydrogen) atoms. The van der Waals surface area contributed by atoms with Crippen molar-refractivity contribution in [1.29, 1.82) is 0 Å². The predicted octanol–water partition coefficient (Wildman–Crippen LogP) is 4.13. The molecule has 0 heterocycles. The van der Waals surface area contributed by atoms with Crippen LogP contribution in [0.15, 0.2) is 45.8 Å². The van der Waals surface area contributed by atoms with Gasteiger partial charge in [-0.3, -0.25) is 4.21 Å². The highest BCUT2D eigenvalue weighted by Crippen LogP contribution is 2.24. The lowest BCUT2D eigenvalue weighted by molar-refractivity contribution is 0.615. The summed E-state index contributed by atoms with van der Waals surface area (Å²) < 4.78 is 26.6. The Kier molecular flexibility index (Phi) is 4.60. The third kappa shape index (κ3) is 3.55. The quantitative estimate of drug-likeness (QED) is 0.834. The Labute approximate surface area is 126 Å². The van der Waals surface area contributed by atoms with Crippen LogP contribution in [0.2, 0.25) is 5.02 Å². The molecule has 0 saturated heterocycles. The summed E-state index contributed by atoms with van der Waals surface area (Å²) in [6, 6.07) is 9.41. The van der Waals surface area contributed by atoms with Crippen LogP contribution in [0.1, 0.15) is 5.56 Å². The first kappa shape index (κ1) is 14.5. The average molecular weight is 363 g/mol. The van der Waals surface area contributed by atoms with Gasteiger partial charge in [0.2, 0.25) is 0 Å². The molecule has 100 valence electrons. The number of benzene rings is 2. The second kappa shape index (κ2) is 6.03. The Morgan fingerprint density at radius 2 is 2.00 bits per heavy atom. The molecular formula is C13H10BrClFNOS. The number of hydrogen-bond acceptors (Lipinski definition) is 2. The van der Waals surface area contributed by atoms with Gasteiger partial charge in [-0.25, -0.2) is 4.39 Å². The van der Waals surface area contributed by atoms with Crippen molar-refractivity contribution in [2.75, 3.05) is 5.73 Å². The van der Waals surface area contributed by atoms with Crippen molar-refractivity contribution in [2.45, 2.75) is 10.6 Å². The van der Waals surface area contributed by atoms with Crippen LogP contribution in [0.5, 0.6) is 0 Å². The van der Waals surface area contributed by atoms with Crippen LogP contribution in [-0.2, 0) is 16.6 Å². The van der Waals surface area contributed by atoms with Crippen molar-refractivity contribution >= 4 is 44.0 Å². The number of hydrogen-bond donors (Lipinski definition) is 1. The molecular weight excluding hydrogens is 353 g/mol. The van der Waals surface area contributed by atoms with Gasteiger partial charge in [-0.1, -0.05) is 33.6 Å². The summed E-state index contributed by atoms with van der Waals surface area (Å²) in [5, 5.41) is 0.315. The van der Waals surface area contributed by atoms with Crippen molar-refractivity contribution < 1.29 is 8.60 Å². The molecule has 0 aromatic heterocycles. The van der Waals surface area contributed by atoms with Crippen molar-refractivity contribution in [3.05, 3.63) is 57.3 Å². The topological polar surface area (TPSA) is 43.1 Å². The SMILES string of the molecule is Nc1cc(Br)ccc1S(=O)Cc1ccc(Cl)cc1F. The molecule has 2 aromatic carbocycles. The number of anilines is 1. The second-order valence-electron chi connectivity index (χ2n) is 3.91. The zero-order valence-electron chi connectivity index (χ0n) is 9.70. The highest BCUT2D eigenvalue weighted by Gasteiger charge is 2.12. The van der Waals surface area contributed by atoms with Gasteiger partial charge in [-0.05, 0) is 30.3 Å². The standard InChI is InChI=1S/C13H10BrClFNOS/c14-9-2-4-13(12(17)5-9)19(18)7-8-1-3-10(15)6-11(8)16/h1-6H,7,17H2. The van der Waals surface area contributed by atoms with E-state index in [1.54, 1.807) is 24.3 Å². The minimum Gasteiger partial charge on any atom is -0.398 e. The van der Waals surface area contributed by atoms with Crippen LogP contribution in [0.25, 0.3) is 0 Å². The molecule has 0 amide bonds. The van der Waals surface area contributed by atoms with Crippen LogP contribution in [0.3, 0.4) is 0 Å². The van der Waals surface area contributed by atoms with Crippen LogP contribution in [0.4, 0.5) is 10.1 Å². The Bertz CT molecular complexity index is 651. The largest absolute Gasteiger partial charge is 0.398 e. The van der Waals surface area contributed by atoms with Gasteiger partial charge < -0.3 is 5.73 Å². The van der Waals surface area contributed by atoms with Crippen molar-refractivity contribution in [1.82, 2.24) is 0 Å². The number of halogens is 3. The minimum absolute atomic E-state index is 0.0643. The Hall–Kier alpha value is -0.910. The maximum absolute atomic E-state index is 13.6. The molecule has 2 N–H and O–H groups in total. The van der Waals surface area contributed by atoms with Crippen LogP contribution in [-0.4, -0.2) is 4.21 Å². The second-order valence-corrected chi connectivity index (χ2v) is 6.68. The monoisotopic (exact) mass is 361 g/mol. The van der Waals surface area contributed by atoms with E-state index in [0.29, 0.717) is 21.2 Å². The summed E-state index contributed by atoms with van der Waals surface area (Å²) in [6.45, 7) is 0. The highest BCUT2D eigenvalue weighted by atomic mass is 79.9. The van der Waals surface area contributed by atoms with Crippen LogP contribution >= 0.6 is 27.5 Å². The molecule has 0 aliphatic carbocycles. The summed E-state index contributed by atoms with van der Waals surface area (Å²) in [5.41, 5.74) is 6.57. The van der Waals surface area contributed by atoms with Gasteiger partial charge in [0, 0.05) is 20.7 Å². The molecule has 6 heteroatoms. The van der Waals surface area contributed by atoms with E-state index in [-0.39, 0.29) is 5.75 Å². The number of nitrogen functional groups attached to an aromatic ring is 1. The van der Waals surface area contributed by atoms with E-state index in [0.717, 1.165) is 4.47 Å². The molecule has 2 aromatic rings. The van der Waals surface area contributed by atoms with E-state index in [1.165, 1.54) is 12.1 Å². The van der Waals surface area contributed by atoms with E-state index in [1.807, 2.05) is 0 Å². The van der Waals surface area contributed by atoms with Gasteiger partial charge in [0.1, 0.15) is 5.82 Å². The summed E-state index contributed by atoms with van der Waals surface area (Å²) in [7, 11) is -1.40. The third-order valence-electron chi connectivity index (χ3n) is 2.52. The van der Waals surface area contributed by atoms with Crippen molar-refractivity contribution in [3.63, 3.8) is 0 Å². The van der Waals surface area contributed by atoms with E-state index in [2.05, 4.69) is 15.9 Å². The average Bonchev–Trinajstić information content (AvgIpc) is 2.32. The van der Waals surface area contributed by atoms with Crippen LogP contribution in [0, 0.1) is 5.82 Å².